The summed E-state index contributed by atoms with van der Waals surface area (Å²) in [4.78, 5) is 24.0. The van der Waals surface area contributed by atoms with Gasteiger partial charge in [-0.2, -0.15) is 0 Å². The summed E-state index contributed by atoms with van der Waals surface area (Å²) in [6, 6.07) is 17.0. The predicted octanol–water partition coefficient (Wildman–Crippen LogP) is 1.69. The maximum atomic E-state index is 12.0. The van der Waals surface area contributed by atoms with Gasteiger partial charge in [0.05, 0.1) is 6.54 Å². The Balaban J connectivity index is 1.42. The van der Waals surface area contributed by atoms with E-state index in [1.807, 2.05) is 55.5 Å². The van der Waals surface area contributed by atoms with Crippen LogP contribution in [0.2, 0.25) is 0 Å². The van der Waals surface area contributed by atoms with Gasteiger partial charge >= 0.3 is 11.8 Å². The van der Waals surface area contributed by atoms with Crippen LogP contribution in [-0.2, 0) is 16.0 Å². The number of ether oxygens (including phenoxy) is 2. The lowest BCUT2D eigenvalue weighted by Gasteiger charge is -2.26. The van der Waals surface area contributed by atoms with Gasteiger partial charge in [-0.25, -0.2) is 0 Å². The lowest BCUT2D eigenvalue weighted by molar-refractivity contribution is -0.139. The van der Waals surface area contributed by atoms with Gasteiger partial charge in [-0.1, -0.05) is 42.5 Å². The number of para-hydroxylation sites is 2. The Morgan fingerprint density at radius 1 is 1.04 bits per heavy atom. The van der Waals surface area contributed by atoms with Crippen LogP contribution in [0.1, 0.15) is 12.5 Å². The Kier molecular flexibility index (Phi) is 5.73. The Hall–Kier alpha value is -3.02. The fourth-order valence-electron chi connectivity index (χ4n) is 2.76. The Labute approximate surface area is 152 Å². The summed E-state index contributed by atoms with van der Waals surface area (Å²) in [5.74, 6) is -0.000537. The van der Waals surface area contributed by atoms with Crippen molar-refractivity contribution in [3.05, 3.63) is 60.2 Å². The third kappa shape index (κ3) is 4.75. The summed E-state index contributed by atoms with van der Waals surface area (Å²) in [7, 11) is 0. The van der Waals surface area contributed by atoms with E-state index in [-0.39, 0.29) is 18.7 Å². The largest absolute Gasteiger partial charge is 0.486 e. The summed E-state index contributed by atoms with van der Waals surface area (Å²) in [5, 5.41) is 5.30. The van der Waals surface area contributed by atoms with E-state index in [2.05, 4.69) is 10.6 Å². The highest BCUT2D eigenvalue weighted by atomic mass is 16.6. The Morgan fingerprint density at radius 2 is 1.73 bits per heavy atom. The molecule has 0 spiro atoms. The van der Waals surface area contributed by atoms with Crippen LogP contribution < -0.4 is 20.1 Å². The third-order valence-corrected chi connectivity index (χ3v) is 4.03. The number of hydrogen-bond acceptors (Lipinski definition) is 4. The van der Waals surface area contributed by atoms with E-state index in [0.717, 1.165) is 5.56 Å². The topological polar surface area (TPSA) is 76.7 Å². The molecule has 136 valence electrons. The van der Waals surface area contributed by atoms with E-state index in [1.165, 1.54) is 0 Å². The van der Waals surface area contributed by atoms with Crippen LogP contribution in [0, 0.1) is 0 Å². The van der Waals surface area contributed by atoms with Crippen molar-refractivity contribution >= 4 is 11.8 Å². The maximum Gasteiger partial charge on any atom is 0.309 e. The quantitative estimate of drug-likeness (QED) is 0.801. The second kappa shape index (κ2) is 8.38. The van der Waals surface area contributed by atoms with Crippen LogP contribution in [0.25, 0.3) is 0 Å². The summed E-state index contributed by atoms with van der Waals surface area (Å²) in [6.45, 7) is 2.39. The van der Waals surface area contributed by atoms with Crippen LogP contribution in [0.5, 0.6) is 11.5 Å². The van der Waals surface area contributed by atoms with Gasteiger partial charge in [-0.3, -0.25) is 9.59 Å². The average Bonchev–Trinajstić information content (AvgIpc) is 2.66. The van der Waals surface area contributed by atoms with E-state index >= 15 is 0 Å². The monoisotopic (exact) mass is 354 g/mol. The molecule has 0 radical (unpaired) electrons. The first-order valence-corrected chi connectivity index (χ1v) is 8.63. The Bertz CT molecular complexity index is 763. The normalized spacial score (nSPS) is 16.4. The van der Waals surface area contributed by atoms with E-state index in [1.54, 1.807) is 6.07 Å². The van der Waals surface area contributed by atoms with Crippen molar-refractivity contribution in [2.75, 3.05) is 13.2 Å². The number of benzene rings is 2. The van der Waals surface area contributed by atoms with Gasteiger partial charge in [0.1, 0.15) is 12.7 Å². The number of fused-ring (bicyclic) bond motifs is 1. The molecule has 6 heteroatoms. The molecule has 2 N–H and O–H groups in total. The van der Waals surface area contributed by atoms with Crippen molar-refractivity contribution in [2.24, 2.45) is 0 Å². The first-order chi connectivity index (χ1) is 12.6. The van der Waals surface area contributed by atoms with Crippen LogP contribution >= 0.6 is 0 Å². The zero-order chi connectivity index (χ0) is 18.4. The first kappa shape index (κ1) is 17.8. The highest BCUT2D eigenvalue weighted by Gasteiger charge is 2.23. The minimum absolute atomic E-state index is 0.142. The van der Waals surface area contributed by atoms with Crippen molar-refractivity contribution in [1.29, 1.82) is 0 Å². The van der Waals surface area contributed by atoms with E-state index < -0.39 is 11.8 Å². The van der Waals surface area contributed by atoms with Gasteiger partial charge in [-0.15, -0.1) is 0 Å². The lowest BCUT2D eigenvalue weighted by Crippen LogP contribution is -2.48. The van der Waals surface area contributed by atoms with Gasteiger partial charge in [0.25, 0.3) is 0 Å². The van der Waals surface area contributed by atoms with Crippen molar-refractivity contribution < 1.29 is 19.1 Å². The second-order valence-corrected chi connectivity index (χ2v) is 6.27. The summed E-state index contributed by atoms with van der Waals surface area (Å²) >= 11 is 0. The van der Waals surface area contributed by atoms with Gasteiger partial charge in [-0.05, 0) is 31.0 Å². The van der Waals surface area contributed by atoms with E-state index in [0.29, 0.717) is 24.5 Å². The first-order valence-electron chi connectivity index (χ1n) is 8.63. The van der Waals surface area contributed by atoms with Crippen molar-refractivity contribution in [3.63, 3.8) is 0 Å². The molecular formula is C20H22N2O4. The second-order valence-electron chi connectivity index (χ2n) is 6.27. The molecule has 0 saturated heterocycles. The molecule has 26 heavy (non-hydrogen) atoms. The van der Waals surface area contributed by atoms with Gasteiger partial charge < -0.3 is 20.1 Å². The molecule has 2 aromatic rings. The number of carbonyl (C=O) groups is 2. The standard InChI is InChI=1S/C20H22N2O4/c1-14(11-15-7-3-2-4-8-15)22-20(24)19(23)21-12-16-13-25-17-9-5-6-10-18(17)26-16/h2-10,14,16H,11-13H2,1H3,(H,21,23)(H,22,24). The number of rotatable bonds is 5. The average molecular weight is 354 g/mol. The van der Waals surface area contributed by atoms with Gasteiger partial charge in [0, 0.05) is 6.04 Å². The highest BCUT2D eigenvalue weighted by molar-refractivity contribution is 6.35. The maximum absolute atomic E-state index is 12.0. The molecule has 3 rings (SSSR count). The summed E-state index contributed by atoms with van der Waals surface area (Å²) < 4.78 is 11.3. The minimum atomic E-state index is -0.674. The molecule has 2 aromatic carbocycles. The molecule has 0 fully saturated rings. The number of nitrogens with one attached hydrogen (secondary N) is 2. The zero-order valence-corrected chi connectivity index (χ0v) is 14.6. The Morgan fingerprint density at radius 3 is 2.50 bits per heavy atom. The lowest BCUT2D eigenvalue weighted by atomic mass is 10.1. The van der Waals surface area contributed by atoms with Crippen LogP contribution in [0.4, 0.5) is 0 Å². The minimum Gasteiger partial charge on any atom is -0.486 e. The van der Waals surface area contributed by atoms with Gasteiger partial charge in [0.15, 0.2) is 11.5 Å². The summed E-state index contributed by atoms with van der Waals surface area (Å²) in [6.07, 6.45) is 0.333. The molecule has 0 aliphatic carbocycles. The van der Waals surface area contributed by atoms with Crippen LogP contribution in [-0.4, -0.2) is 37.1 Å². The third-order valence-electron chi connectivity index (χ3n) is 4.03. The molecule has 0 saturated carbocycles. The number of amides is 2. The van der Waals surface area contributed by atoms with Crippen LogP contribution in [0.15, 0.2) is 54.6 Å². The molecule has 2 atom stereocenters. The zero-order valence-electron chi connectivity index (χ0n) is 14.6. The fourth-order valence-corrected chi connectivity index (χ4v) is 2.76. The molecule has 6 nitrogen and oxygen atoms in total. The molecule has 2 amide bonds. The predicted molar refractivity (Wildman–Crippen MR) is 97.1 cm³/mol. The molecular weight excluding hydrogens is 332 g/mol. The molecule has 0 bridgehead atoms. The van der Waals surface area contributed by atoms with Gasteiger partial charge in [0.2, 0.25) is 0 Å². The fraction of sp³-hybridized carbons (Fsp3) is 0.300. The van der Waals surface area contributed by atoms with E-state index in [4.69, 9.17) is 9.47 Å². The molecule has 2 unspecified atom stereocenters. The number of carbonyl (C=O) groups excluding carboxylic acids is 2. The summed E-state index contributed by atoms with van der Waals surface area (Å²) in [5.41, 5.74) is 1.10. The highest BCUT2D eigenvalue weighted by Crippen LogP contribution is 2.30. The molecule has 1 heterocycles. The smallest absolute Gasteiger partial charge is 0.309 e. The van der Waals surface area contributed by atoms with Crippen molar-refractivity contribution in [2.45, 2.75) is 25.5 Å². The van der Waals surface area contributed by atoms with Crippen molar-refractivity contribution in [1.82, 2.24) is 10.6 Å². The van der Waals surface area contributed by atoms with Crippen molar-refractivity contribution in [3.8, 4) is 11.5 Å². The van der Waals surface area contributed by atoms with Crippen LogP contribution in [0.3, 0.4) is 0 Å². The molecule has 1 aliphatic heterocycles. The SMILES string of the molecule is CC(Cc1ccccc1)NC(=O)C(=O)NCC1COc2ccccc2O1. The number of hydrogen-bond donors (Lipinski definition) is 2. The van der Waals surface area contributed by atoms with E-state index in [9.17, 15) is 9.59 Å². The molecule has 0 aromatic heterocycles. The molecule has 1 aliphatic rings.